The minimum absolute atomic E-state index is 0.0157. The molecule has 1 unspecified atom stereocenters. The molecule has 2 aromatic carbocycles. The van der Waals surface area contributed by atoms with Crippen LogP contribution in [0.1, 0.15) is 12.5 Å². The number of rotatable bonds is 2. The lowest BCUT2D eigenvalue weighted by molar-refractivity contribution is 0.450. The molecule has 0 radical (unpaired) electrons. The molecule has 21 heavy (non-hydrogen) atoms. The summed E-state index contributed by atoms with van der Waals surface area (Å²) in [5, 5.41) is 0. The maximum atomic E-state index is 14.2. The summed E-state index contributed by atoms with van der Waals surface area (Å²) in [5.74, 6) is -0.932. The summed E-state index contributed by atoms with van der Waals surface area (Å²) < 4.78 is 28.4. The summed E-state index contributed by atoms with van der Waals surface area (Å²) >= 11 is 0. The van der Waals surface area contributed by atoms with Gasteiger partial charge in [-0.3, -0.25) is 4.99 Å². The molecule has 2 N–H and O–H groups in total. The summed E-state index contributed by atoms with van der Waals surface area (Å²) in [7, 11) is 0. The van der Waals surface area contributed by atoms with Gasteiger partial charge in [-0.2, -0.15) is 0 Å². The highest BCUT2D eigenvalue weighted by Crippen LogP contribution is 2.38. The summed E-state index contributed by atoms with van der Waals surface area (Å²) in [4.78, 5) is 5.87. The van der Waals surface area contributed by atoms with E-state index >= 15 is 0 Å². The molecule has 1 aliphatic heterocycles. The molecule has 0 aromatic heterocycles. The van der Waals surface area contributed by atoms with Gasteiger partial charge < -0.3 is 10.6 Å². The number of anilines is 1. The third-order valence-electron chi connectivity index (χ3n) is 3.79. The molecule has 1 aliphatic rings. The maximum Gasteiger partial charge on any atom is 0.196 e. The van der Waals surface area contributed by atoms with Gasteiger partial charge in [0, 0.05) is 5.69 Å². The second kappa shape index (κ2) is 4.84. The lowest BCUT2D eigenvalue weighted by atomic mass is 9.89. The second-order valence-electron chi connectivity index (χ2n) is 5.22. The lowest BCUT2D eigenvalue weighted by Crippen LogP contribution is -2.48. The zero-order valence-corrected chi connectivity index (χ0v) is 11.6. The predicted octanol–water partition coefficient (Wildman–Crippen LogP) is 3.01. The minimum atomic E-state index is -0.985. The highest BCUT2D eigenvalue weighted by Gasteiger charge is 2.44. The van der Waals surface area contributed by atoms with Crippen LogP contribution in [0.3, 0.4) is 0 Å². The fraction of sp³-hybridized carbons (Fsp3) is 0.188. The van der Waals surface area contributed by atoms with Crippen LogP contribution in [0.4, 0.5) is 14.5 Å². The molecule has 2 aromatic rings. The molecule has 0 fully saturated rings. The molecule has 0 bridgehead atoms. The average Bonchev–Trinajstić information content (AvgIpc) is 2.76. The topological polar surface area (TPSA) is 41.6 Å². The van der Waals surface area contributed by atoms with Gasteiger partial charge in [0.05, 0.1) is 17.6 Å². The first-order valence-electron chi connectivity index (χ1n) is 6.64. The second-order valence-corrected chi connectivity index (χ2v) is 5.22. The van der Waals surface area contributed by atoms with Crippen molar-refractivity contribution in [3.63, 3.8) is 0 Å². The number of hydrogen-bond donors (Lipinski definition) is 1. The van der Waals surface area contributed by atoms with Crippen molar-refractivity contribution >= 4 is 11.6 Å². The van der Waals surface area contributed by atoms with E-state index in [9.17, 15) is 8.78 Å². The Bertz CT molecular complexity index is 680. The average molecular weight is 287 g/mol. The van der Waals surface area contributed by atoms with Crippen LogP contribution in [0.5, 0.6) is 0 Å². The molecule has 0 spiro atoms. The number of benzene rings is 2. The minimum Gasteiger partial charge on any atom is -0.369 e. The lowest BCUT2D eigenvalue weighted by Gasteiger charge is -2.36. The van der Waals surface area contributed by atoms with E-state index in [1.165, 1.54) is 18.2 Å². The van der Waals surface area contributed by atoms with E-state index in [-0.39, 0.29) is 18.1 Å². The van der Waals surface area contributed by atoms with Gasteiger partial charge in [-0.15, -0.1) is 0 Å². The van der Waals surface area contributed by atoms with E-state index in [2.05, 4.69) is 4.99 Å². The first-order chi connectivity index (χ1) is 10.0. The molecule has 108 valence electrons. The summed E-state index contributed by atoms with van der Waals surface area (Å²) in [6.07, 6.45) is 0. The van der Waals surface area contributed by atoms with Crippen molar-refractivity contribution in [3.8, 4) is 0 Å². The van der Waals surface area contributed by atoms with Crippen LogP contribution in [-0.2, 0) is 5.54 Å². The number of aliphatic imine (C=N–C) groups is 1. The number of halogens is 2. The van der Waals surface area contributed by atoms with Gasteiger partial charge in [-0.1, -0.05) is 24.3 Å². The standard InChI is InChI=1S/C16H15F2N3/c1-16(14-12(17)8-5-9-13(14)18)10-20-15(19)21(16)11-6-3-2-4-7-11/h2-9H,10H2,1H3,(H2,19,20). The van der Waals surface area contributed by atoms with E-state index in [4.69, 9.17) is 5.73 Å². The van der Waals surface area contributed by atoms with Crippen LogP contribution in [0.2, 0.25) is 0 Å². The molecule has 1 heterocycles. The molecule has 0 aliphatic carbocycles. The van der Waals surface area contributed by atoms with Crippen molar-refractivity contribution in [2.24, 2.45) is 10.7 Å². The van der Waals surface area contributed by atoms with Crippen LogP contribution in [0, 0.1) is 11.6 Å². The summed E-state index contributed by atoms with van der Waals surface area (Å²) in [6, 6.07) is 13.1. The zero-order valence-electron chi connectivity index (χ0n) is 11.6. The number of para-hydroxylation sites is 1. The Morgan fingerprint density at radius 3 is 2.29 bits per heavy atom. The van der Waals surface area contributed by atoms with Gasteiger partial charge in [-0.25, -0.2) is 8.78 Å². The molecule has 0 saturated carbocycles. The Morgan fingerprint density at radius 2 is 1.67 bits per heavy atom. The summed E-state index contributed by atoms with van der Waals surface area (Å²) in [5.41, 5.74) is 5.71. The largest absolute Gasteiger partial charge is 0.369 e. The SMILES string of the molecule is CC1(c2c(F)cccc2F)CN=C(N)N1c1ccccc1. The van der Waals surface area contributed by atoms with Crippen molar-refractivity contribution in [3.05, 3.63) is 65.7 Å². The van der Waals surface area contributed by atoms with Gasteiger partial charge >= 0.3 is 0 Å². The van der Waals surface area contributed by atoms with Gasteiger partial charge in [0.2, 0.25) is 0 Å². The van der Waals surface area contributed by atoms with Crippen molar-refractivity contribution in [2.45, 2.75) is 12.5 Å². The normalized spacial score (nSPS) is 21.5. The number of nitrogens with two attached hydrogens (primary N) is 1. The Kier molecular flexibility index (Phi) is 3.12. The molecule has 0 saturated heterocycles. The fourth-order valence-corrected chi connectivity index (χ4v) is 2.83. The molecule has 5 heteroatoms. The molecular formula is C16H15F2N3. The van der Waals surface area contributed by atoms with E-state index in [0.29, 0.717) is 0 Å². The van der Waals surface area contributed by atoms with E-state index in [0.717, 1.165) is 5.69 Å². The fourth-order valence-electron chi connectivity index (χ4n) is 2.83. The molecule has 1 atom stereocenters. The Morgan fingerprint density at radius 1 is 1.05 bits per heavy atom. The Labute approximate surface area is 121 Å². The predicted molar refractivity (Wildman–Crippen MR) is 79.1 cm³/mol. The van der Waals surface area contributed by atoms with Crippen LogP contribution < -0.4 is 10.6 Å². The van der Waals surface area contributed by atoms with Crippen LogP contribution in [0.15, 0.2) is 53.5 Å². The number of guanidine groups is 1. The van der Waals surface area contributed by atoms with Gasteiger partial charge in [0.1, 0.15) is 11.6 Å². The third kappa shape index (κ3) is 2.05. The first kappa shape index (κ1) is 13.5. The number of hydrogen-bond acceptors (Lipinski definition) is 3. The molecule has 3 nitrogen and oxygen atoms in total. The number of nitrogens with zero attached hydrogens (tertiary/aromatic N) is 2. The van der Waals surface area contributed by atoms with Crippen molar-refractivity contribution < 1.29 is 8.78 Å². The van der Waals surface area contributed by atoms with E-state index < -0.39 is 17.2 Å². The quantitative estimate of drug-likeness (QED) is 0.922. The molecule has 0 amide bonds. The van der Waals surface area contributed by atoms with Crippen LogP contribution in [0.25, 0.3) is 0 Å². The molecule has 3 rings (SSSR count). The Hall–Kier alpha value is -2.43. The van der Waals surface area contributed by atoms with E-state index in [1.807, 2.05) is 30.3 Å². The Balaban J connectivity index is 2.17. The van der Waals surface area contributed by atoms with Crippen molar-refractivity contribution in [2.75, 3.05) is 11.4 Å². The van der Waals surface area contributed by atoms with Crippen LogP contribution >= 0.6 is 0 Å². The molecular weight excluding hydrogens is 272 g/mol. The smallest absolute Gasteiger partial charge is 0.196 e. The zero-order chi connectivity index (χ0) is 15.0. The summed E-state index contributed by atoms with van der Waals surface area (Å²) in [6.45, 7) is 1.94. The highest BCUT2D eigenvalue weighted by atomic mass is 19.1. The van der Waals surface area contributed by atoms with Gasteiger partial charge in [-0.05, 0) is 31.2 Å². The van der Waals surface area contributed by atoms with Crippen LogP contribution in [-0.4, -0.2) is 12.5 Å². The van der Waals surface area contributed by atoms with Gasteiger partial charge in [0.25, 0.3) is 0 Å². The first-order valence-corrected chi connectivity index (χ1v) is 6.64. The third-order valence-corrected chi connectivity index (χ3v) is 3.79. The van der Waals surface area contributed by atoms with Crippen molar-refractivity contribution in [1.29, 1.82) is 0 Å². The van der Waals surface area contributed by atoms with E-state index in [1.54, 1.807) is 11.8 Å². The monoisotopic (exact) mass is 287 g/mol. The van der Waals surface area contributed by atoms with Gasteiger partial charge in [0.15, 0.2) is 5.96 Å². The highest BCUT2D eigenvalue weighted by molar-refractivity contribution is 5.98. The maximum absolute atomic E-state index is 14.2. The van der Waals surface area contributed by atoms with Crippen molar-refractivity contribution in [1.82, 2.24) is 0 Å².